The van der Waals surface area contributed by atoms with Gasteiger partial charge in [0.15, 0.2) is 5.78 Å². The highest BCUT2D eigenvalue weighted by Crippen LogP contribution is 2.39. The second kappa shape index (κ2) is 8.62. The summed E-state index contributed by atoms with van der Waals surface area (Å²) in [5.74, 6) is -1.25. The molecule has 1 N–H and O–H groups in total. The van der Waals surface area contributed by atoms with Gasteiger partial charge in [-0.15, -0.1) is 0 Å². The predicted octanol–water partition coefficient (Wildman–Crippen LogP) is 5.58. The van der Waals surface area contributed by atoms with E-state index in [9.17, 15) is 18.4 Å². The molecule has 2 heterocycles. The number of ketones is 1. The van der Waals surface area contributed by atoms with Crippen LogP contribution in [0.2, 0.25) is 0 Å². The molecule has 1 amide bonds. The zero-order valence-electron chi connectivity index (χ0n) is 17.9. The van der Waals surface area contributed by atoms with Gasteiger partial charge in [-0.3, -0.25) is 9.59 Å². The molecule has 4 nitrogen and oxygen atoms in total. The van der Waals surface area contributed by atoms with E-state index >= 15 is 0 Å². The van der Waals surface area contributed by atoms with Crippen LogP contribution >= 0.6 is 0 Å². The van der Waals surface area contributed by atoms with Crippen molar-refractivity contribution in [3.8, 4) is 0 Å². The van der Waals surface area contributed by atoms with E-state index in [1.54, 1.807) is 23.1 Å². The molecule has 3 aromatic carbocycles. The monoisotopic (exact) mass is 444 g/mol. The maximum atomic E-state index is 14.9. The number of rotatable bonds is 5. The highest BCUT2D eigenvalue weighted by atomic mass is 19.1. The average molecular weight is 444 g/mol. The lowest BCUT2D eigenvalue weighted by atomic mass is 9.91. The van der Waals surface area contributed by atoms with Gasteiger partial charge in [-0.25, -0.2) is 8.78 Å². The normalized spacial score (nSPS) is 15.5. The van der Waals surface area contributed by atoms with Crippen molar-refractivity contribution >= 4 is 22.6 Å². The van der Waals surface area contributed by atoms with Crippen molar-refractivity contribution in [3.05, 3.63) is 107 Å². The fourth-order valence-electron chi connectivity index (χ4n) is 4.67. The predicted molar refractivity (Wildman–Crippen MR) is 122 cm³/mol. The molecule has 166 valence electrons. The number of Topliss-reactive ketones (excluding diaryl/α,β-unsaturated/α-hetero) is 1. The summed E-state index contributed by atoms with van der Waals surface area (Å²) in [6, 6.07) is 19.1. The lowest BCUT2D eigenvalue weighted by Gasteiger charge is -2.36. The van der Waals surface area contributed by atoms with Crippen molar-refractivity contribution in [1.82, 2.24) is 9.88 Å². The van der Waals surface area contributed by atoms with Crippen molar-refractivity contribution < 1.29 is 18.4 Å². The minimum absolute atomic E-state index is 0.00325. The fraction of sp³-hybridized carbons (Fsp3) is 0.185. The third-order valence-electron chi connectivity index (χ3n) is 6.29. The molecule has 0 fully saturated rings. The molecule has 5 rings (SSSR count). The number of nitrogens with zero attached hydrogens (tertiary/aromatic N) is 1. The van der Waals surface area contributed by atoms with Gasteiger partial charge in [0.2, 0.25) is 5.91 Å². The molecule has 1 aromatic heterocycles. The molecule has 0 spiro atoms. The van der Waals surface area contributed by atoms with E-state index in [-0.39, 0.29) is 30.3 Å². The highest BCUT2D eigenvalue weighted by Gasteiger charge is 2.35. The number of halogens is 2. The molecule has 1 atom stereocenters. The van der Waals surface area contributed by atoms with Crippen LogP contribution in [0.25, 0.3) is 10.9 Å². The summed E-state index contributed by atoms with van der Waals surface area (Å²) < 4.78 is 28.0. The number of benzene rings is 3. The van der Waals surface area contributed by atoms with Gasteiger partial charge in [0.25, 0.3) is 0 Å². The number of nitrogens with one attached hydrogen (secondary N) is 1. The average Bonchev–Trinajstić information content (AvgIpc) is 3.21. The Kier molecular flexibility index (Phi) is 5.50. The Labute approximate surface area is 189 Å². The summed E-state index contributed by atoms with van der Waals surface area (Å²) in [5, 5.41) is 1.08. The van der Waals surface area contributed by atoms with Crippen LogP contribution in [-0.4, -0.2) is 28.1 Å². The van der Waals surface area contributed by atoms with Gasteiger partial charge in [-0.05, 0) is 48.4 Å². The van der Waals surface area contributed by atoms with Gasteiger partial charge in [0, 0.05) is 47.1 Å². The number of hydrogen-bond acceptors (Lipinski definition) is 2. The number of aromatic amines is 1. The van der Waals surface area contributed by atoms with Crippen LogP contribution in [0.15, 0.2) is 72.8 Å². The molecule has 0 radical (unpaired) electrons. The van der Waals surface area contributed by atoms with Crippen molar-refractivity contribution in [1.29, 1.82) is 0 Å². The van der Waals surface area contributed by atoms with E-state index < -0.39 is 11.9 Å². The van der Waals surface area contributed by atoms with E-state index in [4.69, 9.17) is 0 Å². The van der Waals surface area contributed by atoms with Gasteiger partial charge in [0.05, 0.1) is 0 Å². The Balaban J connectivity index is 1.45. The number of carbonyl (C=O) groups is 2. The number of fused-ring (bicyclic) bond motifs is 3. The highest BCUT2D eigenvalue weighted by molar-refractivity contribution is 5.98. The zero-order chi connectivity index (χ0) is 22.9. The van der Waals surface area contributed by atoms with E-state index in [1.165, 1.54) is 30.3 Å². The maximum absolute atomic E-state index is 14.9. The quantitative estimate of drug-likeness (QED) is 0.409. The number of para-hydroxylation sites is 1. The second-order valence-electron chi connectivity index (χ2n) is 8.25. The lowest BCUT2D eigenvalue weighted by molar-refractivity contribution is -0.133. The molecule has 0 bridgehead atoms. The largest absolute Gasteiger partial charge is 0.356 e. The molecule has 1 aliphatic rings. The number of aromatic nitrogens is 1. The number of H-pyrrole nitrogens is 1. The van der Waals surface area contributed by atoms with Crippen LogP contribution in [0.4, 0.5) is 8.78 Å². The third kappa shape index (κ3) is 3.93. The third-order valence-corrected chi connectivity index (χ3v) is 6.29. The van der Waals surface area contributed by atoms with Crippen LogP contribution in [0.3, 0.4) is 0 Å². The van der Waals surface area contributed by atoms with E-state index in [0.29, 0.717) is 24.1 Å². The Morgan fingerprint density at radius 2 is 1.64 bits per heavy atom. The minimum atomic E-state index is -0.601. The fourth-order valence-corrected chi connectivity index (χ4v) is 4.67. The Bertz CT molecular complexity index is 1340. The Morgan fingerprint density at radius 1 is 0.909 bits per heavy atom. The van der Waals surface area contributed by atoms with E-state index in [0.717, 1.165) is 22.2 Å². The number of hydrogen-bond donors (Lipinski definition) is 1. The van der Waals surface area contributed by atoms with Gasteiger partial charge < -0.3 is 9.88 Å². The van der Waals surface area contributed by atoms with Crippen molar-refractivity contribution in [2.75, 3.05) is 6.54 Å². The topological polar surface area (TPSA) is 53.2 Å². The van der Waals surface area contributed by atoms with E-state index in [2.05, 4.69) is 4.98 Å². The summed E-state index contributed by atoms with van der Waals surface area (Å²) >= 11 is 0. The molecule has 33 heavy (non-hydrogen) atoms. The number of carbonyl (C=O) groups excluding carboxylic acids is 2. The first kappa shape index (κ1) is 21.1. The molecular weight excluding hydrogens is 422 g/mol. The molecule has 0 unspecified atom stereocenters. The van der Waals surface area contributed by atoms with Crippen LogP contribution < -0.4 is 0 Å². The molecular formula is C27H22F2N2O2. The van der Waals surface area contributed by atoms with Crippen molar-refractivity contribution in [3.63, 3.8) is 0 Å². The first-order valence-corrected chi connectivity index (χ1v) is 10.9. The Morgan fingerprint density at radius 3 is 2.42 bits per heavy atom. The molecule has 4 aromatic rings. The van der Waals surface area contributed by atoms with E-state index in [1.807, 2.05) is 24.3 Å². The van der Waals surface area contributed by atoms with Crippen LogP contribution in [0.1, 0.15) is 46.1 Å². The molecule has 0 saturated carbocycles. The smallest absolute Gasteiger partial charge is 0.223 e. The molecule has 0 aliphatic carbocycles. The maximum Gasteiger partial charge on any atom is 0.223 e. The van der Waals surface area contributed by atoms with Crippen LogP contribution in [0, 0.1) is 11.6 Å². The molecule has 6 heteroatoms. The van der Waals surface area contributed by atoms with Gasteiger partial charge in [-0.2, -0.15) is 0 Å². The second-order valence-corrected chi connectivity index (χ2v) is 8.25. The van der Waals surface area contributed by atoms with Gasteiger partial charge >= 0.3 is 0 Å². The zero-order valence-corrected chi connectivity index (χ0v) is 17.9. The summed E-state index contributed by atoms with van der Waals surface area (Å²) in [6.45, 7) is 0.428. The number of amides is 1. The molecule has 1 aliphatic heterocycles. The van der Waals surface area contributed by atoms with Gasteiger partial charge in [-0.1, -0.05) is 36.4 Å². The van der Waals surface area contributed by atoms with Crippen LogP contribution in [-0.2, 0) is 11.2 Å². The first-order valence-electron chi connectivity index (χ1n) is 10.9. The lowest BCUT2D eigenvalue weighted by Crippen LogP contribution is -2.41. The van der Waals surface area contributed by atoms with Crippen molar-refractivity contribution in [2.45, 2.75) is 25.3 Å². The minimum Gasteiger partial charge on any atom is -0.356 e. The van der Waals surface area contributed by atoms with Crippen molar-refractivity contribution in [2.24, 2.45) is 0 Å². The summed E-state index contributed by atoms with van der Waals surface area (Å²) in [5.41, 5.74) is 3.63. The van der Waals surface area contributed by atoms with Crippen LogP contribution in [0.5, 0.6) is 0 Å². The molecule has 0 saturated heterocycles. The standard InChI is InChI=1S/C27H22F2N2O2/c28-18-11-9-17(10-12-18)24(32)13-14-25(33)31-16-15-20-19-5-2-4-8-23(19)30-26(20)27(31)21-6-1-3-7-22(21)29/h1-12,27,30H,13-16H2/t27-/m1/s1. The van der Waals surface area contributed by atoms with Gasteiger partial charge in [0.1, 0.15) is 17.7 Å². The summed E-state index contributed by atoms with van der Waals surface area (Å²) in [6.07, 6.45) is 0.642. The SMILES string of the molecule is O=C(CCC(=O)N1CCc2c([nH]c3ccccc23)[C@H]1c1ccccc1F)c1ccc(F)cc1. The summed E-state index contributed by atoms with van der Waals surface area (Å²) in [4.78, 5) is 30.9. The Hall–Kier alpha value is -3.80. The first-order chi connectivity index (χ1) is 16.0. The summed E-state index contributed by atoms with van der Waals surface area (Å²) in [7, 11) is 0.